The van der Waals surface area contributed by atoms with Crippen molar-refractivity contribution in [2.75, 3.05) is 24.8 Å². The van der Waals surface area contributed by atoms with Crippen LogP contribution in [-0.2, 0) is 6.54 Å². The number of nitrogens with two attached hydrogens (primary N) is 1. The SMILES string of the molecule is CCOc1ccc(-c2nc(Cn3nnc(C(=O)Nc4ccc(F)cc4F)c3N)c(C)o2)cc1OC. The highest BCUT2D eigenvalue weighted by molar-refractivity contribution is 6.05. The van der Waals surface area contributed by atoms with Gasteiger partial charge in [-0.1, -0.05) is 5.21 Å². The molecule has 0 saturated heterocycles. The van der Waals surface area contributed by atoms with Gasteiger partial charge in [-0.15, -0.1) is 5.10 Å². The van der Waals surface area contributed by atoms with Crippen molar-refractivity contribution in [1.29, 1.82) is 0 Å². The molecule has 182 valence electrons. The van der Waals surface area contributed by atoms with Gasteiger partial charge in [-0.05, 0) is 44.2 Å². The Morgan fingerprint density at radius 1 is 1.20 bits per heavy atom. The van der Waals surface area contributed by atoms with Gasteiger partial charge in [0.2, 0.25) is 5.89 Å². The molecule has 0 unspecified atom stereocenters. The van der Waals surface area contributed by atoms with E-state index in [1.54, 1.807) is 32.2 Å². The molecule has 10 nitrogen and oxygen atoms in total. The van der Waals surface area contributed by atoms with Crippen molar-refractivity contribution < 1.29 is 27.5 Å². The Hall–Kier alpha value is -4.48. The molecule has 0 atom stereocenters. The van der Waals surface area contributed by atoms with Gasteiger partial charge in [-0.3, -0.25) is 4.79 Å². The first-order chi connectivity index (χ1) is 16.8. The number of benzene rings is 2. The number of hydrogen-bond acceptors (Lipinski definition) is 8. The lowest BCUT2D eigenvalue weighted by Crippen LogP contribution is -2.16. The molecule has 0 fully saturated rings. The van der Waals surface area contributed by atoms with E-state index < -0.39 is 17.5 Å². The van der Waals surface area contributed by atoms with E-state index in [0.717, 1.165) is 12.1 Å². The Balaban J connectivity index is 1.53. The molecule has 4 aromatic rings. The lowest BCUT2D eigenvalue weighted by Gasteiger charge is -2.09. The molecule has 35 heavy (non-hydrogen) atoms. The van der Waals surface area contributed by atoms with Crippen molar-refractivity contribution in [3.63, 3.8) is 0 Å². The summed E-state index contributed by atoms with van der Waals surface area (Å²) in [6.07, 6.45) is 0. The number of hydrogen-bond donors (Lipinski definition) is 2. The third kappa shape index (κ3) is 4.90. The molecule has 2 aromatic heterocycles. The number of halogens is 2. The summed E-state index contributed by atoms with van der Waals surface area (Å²) in [4.78, 5) is 17.0. The third-order valence-corrected chi connectivity index (χ3v) is 5.07. The average Bonchev–Trinajstić information content (AvgIpc) is 3.38. The van der Waals surface area contributed by atoms with E-state index in [9.17, 15) is 13.6 Å². The van der Waals surface area contributed by atoms with Crippen LogP contribution in [-0.4, -0.2) is 39.6 Å². The highest BCUT2D eigenvalue weighted by atomic mass is 19.1. The molecule has 0 radical (unpaired) electrons. The Morgan fingerprint density at radius 2 is 2.00 bits per heavy atom. The first-order valence-corrected chi connectivity index (χ1v) is 10.5. The summed E-state index contributed by atoms with van der Waals surface area (Å²) in [6, 6.07) is 8.08. The zero-order valence-corrected chi connectivity index (χ0v) is 19.1. The number of nitrogens with one attached hydrogen (secondary N) is 1. The number of rotatable bonds is 8. The standard InChI is InChI=1S/C23H22F2N6O4/c1-4-34-18-8-5-13(9-19(18)33-3)23-28-17(12(2)35-23)11-31-21(26)20(29-30-31)22(32)27-16-7-6-14(24)10-15(16)25/h5-10H,4,11,26H2,1-3H3,(H,27,32). The van der Waals surface area contributed by atoms with Crippen molar-refractivity contribution in [2.45, 2.75) is 20.4 Å². The van der Waals surface area contributed by atoms with Crippen LogP contribution in [0, 0.1) is 18.6 Å². The average molecular weight is 484 g/mol. The number of nitrogens with zero attached hydrogens (tertiary/aromatic N) is 4. The van der Waals surface area contributed by atoms with Gasteiger partial charge in [0.15, 0.2) is 23.0 Å². The lowest BCUT2D eigenvalue weighted by molar-refractivity contribution is 0.102. The number of aryl methyl sites for hydroxylation is 1. The summed E-state index contributed by atoms with van der Waals surface area (Å²) in [7, 11) is 1.54. The molecule has 2 aromatic carbocycles. The van der Waals surface area contributed by atoms with E-state index in [2.05, 4.69) is 20.6 Å². The van der Waals surface area contributed by atoms with E-state index in [1.165, 1.54) is 4.68 Å². The maximum atomic E-state index is 13.9. The topological polar surface area (TPSA) is 130 Å². The summed E-state index contributed by atoms with van der Waals surface area (Å²) in [5.41, 5.74) is 6.81. The first kappa shape index (κ1) is 23.7. The first-order valence-electron chi connectivity index (χ1n) is 10.5. The number of methoxy groups -OCH3 is 1. The third-order valence-electron chi connectivity index (χ3n) is 5.07. The van der Waals surface area contributed by atoms with Crippen LogP contribution in [0.5, 0.6) is 11.5 Å². The van der Waals surface area contributed by atoms with Gasteiger partial charge in [-0.25, -0.2) is 18.4 Å². The molecular weight excluding hydrogens is 462 g/mol. The van der Waals surface area contributed by atoms with Gasteiger partial charge in [0.25, 0.3) is 5.91 Å². The van der Waals surface area contributed by atoms with E-state index >= 15 is 0 Å². The molecule has 0 aliphatic heterocycles. The molecule has 0 aliphatic carbocycles. The van der Waals surface area contributed by atoms with Crippen LogP contribution in [0.1, 0.15) is 28.9 Å². The number of carbonyl (C=O) groups excluding carboxylic acids is 1. The van der Waals surface area contributed by atoms with Crippen LogP contribution in [0.2, 0.25) is 0 Å². The van der Waals surface area contributed by atoms with E-state index in [4.69, 9.17) is 19.6 Å². The van der Waals surface area contributed by atoms with Gasteiger partial charge in [0.05, 0.1) is 25.9 Å². The number of carbonyl (C=O) groups is 1. The number of amides is 1. The van der Waals surface area contributed by atoms with Gasteiger partial charge in [0.1, 0.15) is 23.1 Å². The minimum atomic E-state index is -0.930. The minimum absolute atomic E-state index is 0.0586. The van der Waals surface area contributed by atoms with Gasteiger partial charge >= 0.3 is 0 Å². The maximum absolute atomic E-state index is 13.9. The van der Waals surface area contributed by atoms with Crippen LogP contribution in [0.25, 0.3) is 11.5 Å². The normalized spacial score (nSPS) is 10.9. The molecule has 0 bridgehead atoms. The highest BCUT2D eigenvalue weighted by Crippen LogP contribution is 2.33. The molecule has 3 N–H and O–H groups in total. The van der Waals surface area contributed by atoms with Crippen LogP contribution in [0.4, 0.5) is 20.3 Å². The van der Waals surface area contributed by atoms with Crippen LogP contribution in [0.15, 0.2) is 40.8 Å². The van der Waals surface area contributed by atoms with E-state index in [-0.39, 0.29) is 23.7 Å². The molecular formula is C23H22F2N6O4. The lowest BCUT2D eigenvalue weighted by atomic mass is 10.2. The number of ether oxygens (including phenoxy) is 2. The fourth-order valence-electron chi connectivity index (χ4n) is 3.29. The van der Waals surface area contributed by atoms with Gasteiger partial charge in [0, 0.05) is 11.6 Å². The Kier molecular flexibility index (Phi) is 6.62. The molecule has 12 heteroatoms. The summed E-state index contributed by atoms with van der Waals surface area (Å²) in [5, 5.41) is 9.99. The summed E-state index contributed by atoms with van der Waals surface area (Å²) in [5.74, 6) is -0.545. The maximum Gasteiger partial charge on any atom is 0.280 e. The number of oxazole rings is 1. The zero-order valence-electron chi connectivity index (χ0n) is 19.1. The van der Waals surface area contributed by atoms with Crippen molar-refractivity contribution in [1.82, 2.24) is 20.0 Å². The fraction of sp³-hybridized carbons (Fsp3) is 0.217. The minimum Gasteiger partial charge on any atom is -0.493 e. The number of nitrogen functional groups attached to an aromatic ring is 1. The van der Waals surface area contributed by atoms with Crippen molar-refractivity contribution in [3.05, 3.63) is 65.2 Å². The molecule has 1 amide bonds. The molecule has 0 aliphatic rings. The summed E-state index contributed by atoms with van der Waals surface area (Å²) < 4.78 is 44.9. The molecule has 4 rings (SSSR count). The van der Waals surface area contributed by atoms with E-state index in [0.29, 0.717) is 47.1 Å². The zero-order chi connectivity index (χ0) is 25.1. The fourth-order valence-corrected chi connectivity index (χ4v) is 3.29. The van der Waals surface area contributed by atoms with Crippen molar-refractivity contribution >= 4 is 17.4 Å². The van der Waals surface area contributed by atoms with Crippen LogP contribution in [0.3, 0.4) is 0 Å². The van der Waals surface area contributed by atoms with Crippen LogP contribution >= 0.6 is 0 Å². The summed E-state index contributed by atoms with van der Waals surface area (Å²) >= 11 is 0. The van der Waals surface area contributed by atoms with Crippen molar-refractivity contribution in [3.8, 4) is 23.0 Å². The van der Waals surface area contributed by atoms with Crippen molar-refractivity contribution in [2.24, 2.45) is 0 Å². The Morgan fingerprint density at radius 3 is 2.71 bits per heavy atom. The second-order valence-electron chi connectivity index (χ2n) is 7.38. The monoisotopic (exact) mass is 484 g/mol. The Bertz CT molecular complexity index is 1380. The summed E-state index contributed by atoms with van der Waals surface area (Å²) in [6.45, 7) is 4.18. The molecule has 0 saturated carbocycles. The smallest absolute Gasteiger partial charge is 0.280 e. The van der Waals surface area contributed by atoms with Gasteiger partial charge < -0.3 is 24.9 Å². The number of anilines is 2. The Labute approximate surface area is 198 Å². The predicted octanol–water partition coefficient (Wildman–Crippen LogP) is 3.81. The van der Waals surface area contributed by atoms with Crippen LogP contribution < -0.4 is 20.5 Å². The second-order valence-corrected chi connectivity index (χ2v) is 7.38. The second kappa shape index (κ2) is 9.79. The number of aromatic nitrogens is 4. The quantitative estimate of drug-likeness (QED) is 0.386. The molecule has 2 heterocycles. The predicted molar refractivity (Wildman–Crippen MR) is 122 cm³/mol. The highest BCUT2D eigenvalue weighted by Gasteiger charge is 2.21. The van der Waals surface area contributed by atoms with Gasteiger partial charge in [-0.2, -0.15) is 0 Å². The largest absolute Gasteiger partial charge is 0.493 e. The van der Waals surface area contributed by atoms with E-state index in [1.807, 2.05) is 6.92 Å². The molecule has 0 spiro atoms.